The summed E-state index contributed by atoms with van der Waals surface area (Å²) in [5.74, 6) is 0.0158. The molecular formula is C36H34N4O6. The van der Waals surface area contributed by atoms with Crippen molar-refractivity contribution in [3.05, 3.63) is 114 Å². The number of hydrogen-bond acceptors (Lipinski definition) is 6. The second kappa shape index (κ2) is 13.2. The Morgan fingerprint density at radius 2 is 1.63 bits per heavy atom. The Bertz CT molecular complexity index is 1880. The Balaban J connectivity index is 1.02. The smallest absolute Gasteiger partial charge is 0.337 e. The van der Waals surface area contributed by atoms with Crippen LogP contribution in [0.3, 0.4) is 0 Å². The minimum absolute atomic E-state index is 0.0239. The number of hydrogen-bond donors (Lipinski definition) is 3. The molecule has 2 heterocycles. The molecule has 3 aromatic carbocycles. The molecule has 46 heavy (non-hydrogen) atoms. The van der Waals surface area contributed by atoms with E-state index in [4.69, 9.17) is 9.47 Å². The van der Waals surface area contributed by atoms with Gasteiger partial charge in [0.05, 0.1) is 23.2 Å². The number of carbonyl (C=O) groups is 3. The van der Waals surface area contributed by atoms with Crippen LogP contribution in [0.5, 0.6) is 17.4 Å². The second-order valence-electron chi connectivity index (χ2n) is 11.5. The van der Waals surface area contributed by atoms with Gasteiger partial charge in [-0.3, -0.25) is 9.59 Å². The molecule has 0 radical (unpaired) electrons. The molecule has 3 N–H and O–H groups in total. The van der Waals surface area contributed by atoms with Crippen LogP contribution >= 0.6 is 0 Å². The van der Waals surface area contributed by atoms with E-state index in [0.717, 1.165) is 36.6 Å². The number of aromatic carboxylic acids is 1. The summed E-state index contributed by atoms with van der Waals surface area (Å²) in [5.41, 5.74) is 2.11. The van der Waals surface area contributed by atoms with Crippen molar-refractivity contribution in [2.45, 2.75) is 37.6 Å². The fourth-order valence-electron chi connectivity index (χ4n) is 5.85. The molecule has 0 atom stereocenters. The van der Waals surface area contributed by atoms with Crippen LogP contribution in [0.4, 0.5) is 5.69 Å². The Kier molecular flexibility index (Phi) is 8.69. The summed E-state index contributed by atoms with van der Waals surface area (Å²) in [6.45, 7) is 0.362. The van der Waals surface area contributed by atoms with Gasteiger partial charge >= 0.3 is 5.97 Å². The van der Waals surface area contributed by atoms with E-state index in [1.807, 2.05) is 54.1 Å². The number of rotatable bonds is 11. The Morgan fingerprint density at radius 3 is 2.35 bits per heavy atom. The first-order valence-electron chi connectivity index (χ1n) is 15.1. The summed E-state index contributed by atoms with van der Waals surface area (Å²) >= 11 is 0. The van der Waals surface area contributed by atoms with E-state index < -0.39 is 11.5 Å². The minimum atomic E-state index is -1.11. The SMILES string of the molecule is Cn1c(C(=O)NC2(COc3ccc(Oc4ccc(CC(=O)Nc5ccccc5C(=O)O)cn4)cc3)CCCC2)cc2ccccc21. The number of amides is 2. The number of anilines is 1. The van der Waals surface area contributed by atoms with Gasteiger partial charge < -0.3 is 29.8 Å². The first-order chi connectivity index (χ1) is 22.3. The molecule has 0 bridgehead atoms. The first-order valence-corrected chi connectivity index (χ1v) is 15.1. The maximum atomic E-state index is 13.4. The largest absolute Gasteiger partial charge is 0.491 e. The number of aryl methyl sites for hydroxylation is 1. The summed E-state index contributed by atoms with van der Waals surface area (Å²) in [5, 5.41) is 16.3. The first kappa shape index (κ1) is 30.4. The molecule has 10 heteroatoms. The fraction of sp³-hybridized carbons (Fsp3) is 0.222. The molecule has 1 fully saturated rings. The highest BCUT2D eigenvalue weighted by Crippen LogP contribution is 2.32. The monoisotopic (exact) mass is 618 g/mol. The lowest BCUT2D eigenvalue weighted by molar-refractivity contribution is -0.115. The lowest BCUT2D eigenvalue weighted by Gasteiger charge is -2.30. The number of para-hydroxylation sites is 2. The van der Waals surface area contributed by atoms with Crippen LogP contribution in [0, 0.1) is 0 Å². The van der Waals surface area contributed by atoms with Gasteiger partial charge in [0.15, 0.2) is 0 Å². The summed E-state index contributed by atoms with van der Waals surface area (Å²) in [6, 6.07) is 26.7. The second-order valence-corrected chi connectivity index (χ2v) is 11.5. The zero-order valence-corrected chi connectivity index (χ0v) is 25.4. The Labute approximate surface area is 266 Å². The molecule has 0 saturated heterocycles. The third-order valence-corrected chi connectivity index (χ3v) is 8.28. The van der Waals surface area contributed by atoms with Crippen LogP contribution in [0.2, 0.25) is 0 Å². The molecule has 1 aliphatic carbocycles. The molecule has 0 aliphatic heterocycles. The number of carboxylic acid groups (broad SMARTS) is 1. The predicted octanol–water partition coefficient (Wildman–Crippen LogP) is 6.37. The van der Waals surface area contributed by atoms with Gasteiger partial charge in [0.25, 0.3) is 5.91 Å². The fourth-order valence-corrected chi connectivity index (χ4v) is 5.85. The third kappa shape index (κ3) is 6.86. The van der Waals surface area contributed by atoms with Gasteiger partial charge in [-0.15, -0.1) is 0 Å². The number of nitrogens with one attached hydrogen (secondary N) is 2. The highest BCUT2D eigenvalue weighted by atomic mass is 16.5. The van der Waals surface area contributed by atoms with Gasteiger partial charge in [-0.05, 0) is 66.9 Å². The molecule has 2 amide bonds. The molecule has 6 rings (SSSR count). The number of fused-ring (bicyclic) bond motifs is 1. The van der Waals surface area contributed by atoms with Crippen molar-refractivity contribution in [1.29, 1.82) is 0 Å². The molecule has 2 aromatic heterocycles. The average Bonchev–Trinajstić information content (AvgIpc) is 3.66. The van der Waals surface area contributed by atoms with E-state index in [0.29, 0.717) is 35.2 Å². The van der Waals surface area contributed by atoms with Crippen molar-refractivity contribution in [3.8, 4) is 17.4 Å². The average molecular weight is 619 g/mol. The van der Waals surface area contributed by atoms with Crippen LogP contribution in [-0.2, 0) is 18.3 Å². The lowest BCUT2D eigenvalue weighted by atomic mass is 9.98. The summed E-state index contributed by atoms with van der Waals surface area (Å²) in [7, 11) is 1.91. The number of carboxylic acids is 1. The topological polar surface area (TPSA) is 132 Å². The van der Waals surface area contributed by atoms with Crippen LogP contribution in [0.25, 0.3) is 10.9 Å². The lowest BCUT2D eigenvalue weighted by Crippen LogP contribution is -2.51. The molecule has 1 aliphatic rings. The Morgan fingerprint density at radius 1 is 0.913 bits per heavy atom. The number of aromatic nitrogens is 2. The predicted molar refractivity (Wildman–Crippen MR) is 174 cm³/mol. The van der Waals surface area contributed by atoms with E-state index in [-0.39, 0.29) is 29.5 Å². The van der Waals surface area contributed by atoms with E-state index in [2.05, 4.69) is 15.6 Å². The van der Waals surface area contributed by atoms with Crippen molar-refractivity contribution in [1.82, 2.24) is 14.9 Å². The number of benzene rings is 3. The molecule has 0 unspecified atom stereocenters. The van der Waals surface area contributed by atoms with Gasteiger partial charge in [0.1, 0.15) is 23.8 Å². The van der Waals surface area contributed by atoms with Gasteiger partial charge in [0.2, 0.25) is 11.8 Å². The minimum Gasteiger partial charge on any atom is -0.491 e. The number of nitrogens with zero attached hydrogens (tertiary/aromatic N) is 2. The van der Waals surface area contributed by atoms with Gasteiger partial charge in [-0.25, -0.2) is 9.78 Å². The quantitative estimate of drug-likeness (QED) is 0.157. The van der Waals surface area contributed by atoms with Crippen LogP contribution in [-0.4, -0.2) is 44.6 Å². The molecule has 234 valence electrons. The Hall–Kier alpha value is -5.64. The molecule has 5 aromatic rings. The van der Waals surface area contributed by atoms with Crippen molar-refractivity contribution in [2.75, 3.05) is 11.9 Å². The highest BCUT2D eigenvalue weighted by molar-refractivity contribution is 6.01. The van der Waals surface area contributed by atoms with E-state index >= 15 is 0 Å². The highest BCUT2D eigenvalue weighted by Gasteiger charge is 2.37. The molecule has 1 saturated carbocycles. The van der Waals surface area contributed by atoms with Crippen LogP contribution in [0.15, 0.2) is 97.2 Å². The zero-order chi connectivity index (χ0) is 32.1. The van der Waals surface area contributed by atoms with Crippen molar-refractivity contribution in [3.63, 3.8) is 0 Å². The van der Waals surface area contributed by atoms with E-state index in [1.54, 1.807) is 48.7 Å². The van der Waals surface area contributed by atoms with Crippen molar-refractivity contribution in [2.24, 2.45) is 7.05 Å². The standard InChI is InChI=1S/C36H34N4O6/c1-40-30-11-5-2-8-25(30)21-31(40)34(42)39-36(18-6-7-19-36)23-45-26-13-15-27(16-14-26)46-33-17-12-24(22-37-33)20-32(41)38-29-10-4-3-9-28(29)35(43)44/h2-5,8-17,21-22H,6-7,18-20,23H2,1H3,(H,38,41)(H,39,42)(H,43,44). The summed E-state index contributed by atoms with van der Waals surface area (Å²) in [6.07, 6.45) is 5.33. The third-order valence-electron chi connectivity index (χ3n) is 8.28. The van der Waals surface area contributed by atoms with Crippen LogP contribution in [0.1, 0.15) is 52.1 Å². The number of carbonyl (C=O) groups excluding carboxylic acids is 2. The maximum Gasteiger partial charge on any atom is 0.337 e. The van der Waals surface area contributed by atoms with E-state index in [1.165, 1.54) is 6.07 Å². The normalized spacial score (nSPS) is 13.7. The van der Waals surface area contributed by atoms with Crippen molar-refractivity contribution < 1.29 is 29.0 Å². The molecular weight excluding hydrogens is 584 g/mol. The summed E-state index contributed by atoms with van der Waals surface area (Å²) < 4.78 is 14.0. The summed E-state index contributed by atoms with van der Waals surface area (Å²) in [4.78, 5) is 41.5. The zero-order valence-electron chi connectivity index (χ0n) is 25.4. The maximum absolute atomic E-state index is 13.4. The van der Waals surface area contributed by atoms with Crippen molar-refractivity contribution >= 4 is 34.4 Å². The van der Waals surface area contributed by atoms with E-state index in [9.17, 15) is 19.5 Å². The number of pyridine rings is 1. The molecule has 0 spiro atoms. The van der Waals surface area contributed by atoms with Gasteiger partial charge in [-0.1, -0.05) is 49.2 Å². The molecule has 10 nitrogen and oxygen atoms in total. The van der Waals surface area contributed by atoms with Gasteiger partial charge in [-0.2, -0.15) is 0 Å². The van der Waals surface area contributed by atoms with Crippen LogP contribution < -0.4 is 20.1 Å². The van der Waals surface area contributed by atoms with Gasteiger partial charge in [0, 0.05) is 30.2 Å². The number of ether oxygens (including phenoxy) is 2.